The second kappa shape index (κ2) is 11.9. The maximum absolute atomic E-state index is 13.8. The van der Waals surface area contributed by atoms with Gasteiger partial charge in [-0.25, -0.2) is 9.38 Å². The first-order valence-corrected chi connectivity index (χ1v) is 7.91. The van der Waals surface area contributed by atoms with Crippen molar-refractivity contribution in [2.75, 3.05) is 41.3 Å². The van der Waals surface area contributed by atoms with E-state index in [2.05, 4.69) is 17.2 Å². The van der Waals surface area contributed by atoms with E-state index in [9.17, 15) is 9.18 Å². The van der Waals surface area contributed by atoms with Crippen LogP contribution >= 0.6 is 24.0 Å². The molecule has 1 rings (SSSR count). The molecule has 0 aliphatic heterocycles. The lowest BCUT2D eigenvalue weighted by atomic mass is 10.2. The number of likely N-dealkylation sites (N-methyl/N-ethyl adjacent to an activating group) is 1. The van der Waals surface area contributed by atoms with E-state index in [-0.39, 0.29) is 42.2 Å². The van der Waals surface area contributed by atoms with Gasteiger partial charge in [0.2, 0.25) is 5.91 Å². The van der Waals surface area contributed by atoms with Crippen LogP contribution in [0.1, 0.15) is 18.9 Å². The quantitative estimate of drug-likeness (QED) is 0.381. The summed E-state index contributed by atoms with van der Waals surface area (Å²) in [7, 11) is 6.68. The summed E-state index contributed by atoms with van der Waals surface area (Å²) in [4.78, 5) is 19.4. The Morgan fingerprint density at radius 2 is 2.00 bits per heavy atom. The lowest BCUT2D eigenvalue weighted by Crippen LogP contribution is -2.40. The zero-order valence-electron chi connectivity index (χ0n) is 15.5. The molecule has 0 bridgehead atoms. The number of halogens is 2. The Labute approximate surface area is 166 Å². The minimum absolute atomic E-state index is 0. The molecule has 6 nitrogen and oxygen atoms in total. The Bertz CT molecular complexity index is 582. The highest BCUT2D eigenvalue weighted by atomic mass is 127. The minimum atomic E-state index is -0.397. The van der Waals surface area contributed by atoms with Crippen LogP contribution in [-0.4, -0.2) is 63.0 Å². The fraction of sp³-hybridized carbons (Fsp3) is 0.529. The predicted octanol–water partition coefficient (Wildman–Crippen LogP) is 2.33. The van der Waals surface area contributed by atoms with Crippen molar-refractivity contribution in [1.82, 2.24) is 15.1 Å². The van der Waals surface area contributed by atoms with Gasteiger partial charge >= 0.3 is 0 Å². The van der Waals surface area contributed by atoms with E-state index in [4.69, 9.17) is 4.74 Å². The zero-order chi connectivity index (χ0) is 18.1. The summed E-state index contributed by atoms with van der Waals surface area (Å²) in [6, 6.07) is 4.85. The van der Waals surface area contributed by atoms with Crippen molar-refractivity contribution < 1.29 is 13.9 Å². The lowest BCUT2D eigenvalue weighted by Gasteiger charge is -2.23. The molecule has 0 saturated carbocycles. The van der Waals surface area contributed by atoms with Crippen LogP contribution in [0.25, 0.3) is 0 Å². The number of guanidine groups is 1. The van der Waals surface area contributed by atoms with Gasteiger partial charge in [-0.15, -0.1) is 24.0 Å². The van der Waals surface area contributed by atoms with E-state index in [0.717, 1.165) is 18.5 Å². The van der Waals surface area contributed by atoms with Crippen molar-refractivity contribution in [3.8, 4) is 5.75 Å². The normalized spacial score (nSPS) is 10.7. The third-order valence-electron chi connectivity index (χ3n) is 3.39. The number of aliphatic imine (C=N–C) groups is 1. The van der Waals surface area contributed by atoms with Gasteiger partial charge in [0.25, 0.3) is 0 Å². The van der Waals surface area contributed by atoms with Crippen LogP contribution in [0.15, 0.2) is 23.2 Å². The summed E-state index contributed by atoms with van der Waals surface area (Å²) in [6.45, 7) is 3.33. The van der Waals surface area contributed by atoms with Gasteiger partial charge in [0.1, 0.15) is 6.54 Å². The SMILES string of the molecule is CCCNC(=NCC(=O)N(C)C)N(C)Cc1ccc(OC)c(F)c1.I. The molecule has 1 aromatic rings. The van der Waals surface area contributed by atoms with Gasteiger partial charge in [0.15, 0.2) is 17.5 Å². The second-order valence-electron chi connectivity index (χ2n) is 5.68. The number of methoxy groups -OCH3 is 1. The Kier molecular flexibility index (Phi) is 11.1. The number of amides is 1. The average Bonchev–Trinajstić information content (AvgIpc) is 2.54. The van der Waals surface area contributed by atoms with E-state index in [0.29, 0.717) is 12.5 Å². The molecule has 8 heteroatoms. The van der Waals surface area contributed by atoms with Crippen LogP contribution in [0.5, 0.6) is 5.75 Å². The number of rotatable bonds is 7. The summed E-state index contributed by atoms with van der Waals surface area (Å²) < 4.78 is 18.7. The molecule has 0 aliphatic carbocycles. The molecular weight excluding hydrogens is 438 g/mol. The first-order valence-electron chi connectivity index (χ1n) is 7.91. The highest BCUT2D eigenvalue weighted by molar-refractivity contribution is 14.0. The predicted molar refractivity (Wildman–Crippen MR) is 109 cm³/mol. The molecule has 1 amide bonds. The Morgan fingerprint density at radius 3 is 2.52 bits per heavy atom. The van der Waals surface area contributed by atoms with Crippen molar-refractivity contribution in [2.45, 2.75) is 19.9 Å². The molecule has 0 saturated heterocycles. The maximum Gasteiger partial charge on any atom is 0.243 e. The lowest BCUT2D eigenvalue weighted by molar-refractivity contribution is -0.127. The van der Waals surface area contributed by atoms with E-state index < -0.39 is 5.82 Å². The summed E-state index contributed by atoms with van der Waals surface area (Å²) in [5, 5.41) is 3.21. The topological polar surface area (TPSA) is 57.2 Å². The van der Waals surface area contributed by atoms with Gasteiger partial charge in [-0.05, 0) is 24.1 Å². The van der Waals surface area contributed by atoms with Gasteiger partial charge in [0, 0.05) is 34.2 Å². The summed E-state index contributed by atoms with van der Waals surface area (Å²) in [5.41, 5.74) is 0.792. The van der Waals surface area contributed by atoms with Crippen molar-refractivity contribution in [2.24, 2.45) is 4.99 Å². The fourth-order valence-corrected chi connectivity index (χ4v) is 1.99. The highest BCUT2D eigenvalue weighted by Crippen LogP contribution is 2.18. The van der Waals surface area contributed by atoms with Gasteiger partial charge in [0.05, 0.1) is 7.11 Å². The molecule has 1 aromatic carbocycles. The zero-order valence-corrected chi connectivity index (χ0v) is 17.8. The third kappa shape index (κ3) is 7.89. The number of carbonyl (C=O) groups excluding carboxylic acids is 1. The second-order valence-corrected chi connectivity index (χ2v) is 5.68. The van der Waals surface area contributed by atoms with Crippen molar-refractivity contribution in [3.63, 3.8) is 0 Å². The summed E-state index contributed by atoms with van der Waals surface area (Å²) in [5.74, 6) is 0.361. The van der Waals surface area contributed by atoms with Gasteiger partial charge in [-0.3, -0.25) is 4.79 Å². The van der Waals surface area contributed by atoms with Gasteiger partial charge in [-0.1, -0.05) is 13.0 Å². The molecule has 0 heterocycles. The third-order valence-corrected chi connectivity index (χ3v) is 3.39. The number of hydrogen-bond acceptors (Lipinski definition) is 3. The van der Waals surface area contributed by atoms with Crippen LogP contribution in [0.3, 0.4) is 0 Å². The fourth-order valence-electron chi connectivity index (χ4n) is 1.99. The smallest absolute Gasteiger partial charge is 0.243 e. The Hall–Kier alpha value is -1.58. The van der Waals surface area contributed by atoms with E-state index >= 15 is 0 Å². The molecule has 0 fully saturated rings. The highest BCUT2D eigenvalue weighted by Gasteiger charge is 2.11. The van der Waals surface area contributed by atoms with Gasteiger partial charge in [-0.2, -0.15) is 0 Å². The van der Waals surface area contributed by atoms with E-state index in [1.54, 1.807) is 26.2 Å². The largest absolute Gasteiger partial charge is 0.494 e. The maximum atomic E-state index is 13.8. The molecule has 0 atom stereocenters. The first kappa shape index (κ1) is 23.4. The standard InChI is InChI=1S/C17H27FN4O2.HI/c1-6-9-19-17(20-11-16(23)21(2)3)22(4)12-13-7-8-15(24-5)14(18)10-13;/h7-8,10H,6,9,11-12H2,1-5H3,(H,19,20);1H. The summed E-state index contributed by atoms with van der Waals surface area (Å²) >= 11 is 0. The monoisotopic (exact) mass is 466 g/mol. The number of nitrogens with zero attached hydrogens (tertiary/aromatic N) is 3. The number of hydrogen-bond donors (Lipinski definition) is 1. The van der Waals surface area contributed by atoms with Crippen LogP contribution in [0.2, 0.25) is 0 Å². The average molecular weight is 466 g/mol. The Balaban J connectivity index is 0.00000576. The number of ether oxygens (including phenoxy) is 1. The van der Waals surface area contributed by atoms with E-state index in [1.165, 1.54) is 18.1 Å². The molecule has 0 spiro atoms. The Morgan fingerprint density at radius 1 is 1.32 bits per heavy atom. The molecule has 0 aliphatic rings. The van der Waals surface area contributed by atoms with Crippen LogP contribution in [0, 0.1) is 5.82 Å². The number of nitrogens with one attached hydrogen (secondary N) is 1. The summed E-state index contributed by atoms with van der Waals surface area (Å²) in [6.07, 6.45) is 0.936. The molecule has 1 N–H and O–H groups in total. The van der Waals surface area contributed by atoms with Crippen molar-refractivity contribution >= 4 is 35.8 Å². The van der Waals surface area contributed by atoms with Crippen molar-refractivity contribution in [3.05, 3.63) is 29.6 Å². The first-order chi connectivity index (χ1) is 11.4. The molecule has 142 valence electrons. The molecule has 0 radical (unpaired) electrons. The number of carbonyl (C=O) groups is 1. The van der Waals surface area contributed by atoms with Crippen LogP contribution < -0.4 is 10.1 Å². The molecular formula is C17H28FIN4O2. The number of benzene rings is 1. The van der Waals surface area contributed by atoms with E-state index in [1.807, 2.05) is 11.9 Å². The molecule has 25 heavy (non-hydrogen) atoms. The van der Waals surface area contributed by atoms with Crippen LogP contribution in [0.4, 0.5) is 4.39 Å². The molecule has 0 unspecified atom stereocenters. The minimum Gasteiger partial charge on any atom is -0.494 e. The van der Waals surface area contributed by atoms with Crippen molar-refractivity contribution in [1.29, 1.82) is 0 Å². The molecule has 0 aromatic heterocycles. The van der Waals surface area contributed by atoms with Gasteiger partial charge < -0.3 is 19.9 Å². The van der Waals surface area contributed by atoms with Crippen LogP contribution in [-0.2, 0) is 11.3 Å².